The largest absolute Gasteiger partial charge is 0.491 e. The number of ether oxygens (including phenoxy) is 1. The molecule has 0 aromatic heterocycles. The van der Waals surface area contributed by atoms with E-state index in [4.69, 9.17) is 4.74 Å². The first-order valence-corrected chi connectivity index (χ1v) is 9.60. The number of hydrogen-bond acceptors (Lipinski definition) is 2. The number of amides is 1. The molecule has 1 amide bonds. The van der Waals surface area contributed by atoms with Crippen LogP contribution in [0.3, 0.4) is 0 Å². The second-order valence-corrected chi connectivity index (χ2v) is 7.73. The molecule has 1 atom stereocenters. The zero-order valence-corrected chi connectivity index (χ0v) is 16.3. The molecule has 132 valence electrons. The van der Waals surface area contributed by atoms with Crippen LogP contribution < -0.4 is 10.1 Å². The van der Waals surface area contributed by atoms with Gasteiger partial charge in [0.1, 0.15) is 5.75 Å². The van der Waals surface area contributed by atoms with Crippen LogP contribution in [0.4, 0.5) is 5.69 Å². The zero-order chi connectivity index (χ0) is 18.3. The number of fused-ring (bicyclic) bond motifs is 3. The van der Waals surface area contributed by atoms with E-state index < -0.39 is 0 Å². The number of nitrogens with one attached hydrogen (secondary N) is 1. The van der Waals surface area contributed by atoms with Crippen molar-refractivity contribution in [3.8, 4) is 5.75 Å². The Morgan fingerprint density at radius 2 is 1.73 bits per heavy atom. The minimum Gasteiger partial charge on any atom is -0.491 e. The molecule has 1 aliphatic heterocycles. The van der Waals surface area contributed by atoms with E-state index in [0.717, 1.165) is 37.8 Å². The molecule has 0 saturated carbocycles. The fourth-order valence-electron chi connectivity index (χ4n) is 3.66. The number of carbonyl (C=O) groups is 1. The molecule has 0 radical (unpaired) electrons. The van der Waals surface area contributed by atoms with Crippen LogP contribution in [-0.2, 0) is 4.79 Å². The fourth-order valence-corrected chi connectivity index (χ4v) is 4.25. The summed E-state index contributed by atoms with van der Waals surface area (Å²) in [4.78, 5) is 12.5. The van der Waals surface area contributed by atoms with Crippen LogP contribution in [0.1, 0.15) is 37.3 Å². The number of hydrogen-bond donors (Lipinski definition) is 1. The molecular formula is C22H20BrNO2. The molecule has 0 spiro atoms. The maximum Gasteiger partial charge on any atom is 0.225 e. The van der Waals surface area contributed by atoms with Crippen LogP contribution in [0.15, 0.2) is 59.1 Å². The number of benzene rings is 3. The monoisotopic (exact) mass is 409 g/mol. The first-order chi connectivity index (χ1) is 12.5. The van der Waals surface area contributed by atoms with Crippen LogP contribution in [0.5, 0.6) is 5.75 Å². The van der Waals surface area contributed by atoms with E-state index in [0.29, 0.717) is 6.42 Å². The molecule has 0 unspecified atom stereocenters. The van der Waals surface area contributed by atoms with E-state index in [1.807, 2.05) is 44.2 Å². The molecule has 4 heteroatoms. The lowest BCUT2D eigenvalue weighted by atomic mass is 9.83. The van der Waals surface area contributed by atoms with Gasteiger partial charge in [-0.2, -0.15) is 0 Å². The first-order valence-electron chi connectivity index (χ1n) is 8.81. The normalized spacial score (nSPS) is 16.5. The van der Waals surface area contributed by atoms with E-state index >= 15 is 0 Å². The fraction of sp³-hybridized carbons (Fsp3) is 0.227. The predicted molar refractivity (Wildman–Crippen MR) is 109 cm³/mol. The second kappa shape index (κ2) is 6.76. The second-order valence-electron chi connectivity index (χ2n) is 6.88. The molecule has 0 aliphatic carbocycles. The average Bonchev–Trinajstić information content (AvgIpc) is 2.62. The van der Waals surface area contributed by atoms with E-state index in [9.17, 15) is 4.79 Å². The number of rotatable bonds is 3. The lowest BCUT2D eigenvalue weighted by Gasteiger charge is -2.29. The maximum absolute atomic E-state index is 12.5. The van der Waals surface area contributed by atoms with Gasteiger partial charge in [-0.25, -0.2) is 0 Å². The van der Waals surface area contributed by atoms with Gasteiger partial charge in [0.15, 0.2) is 0 Å². The lowest BCUT2D eigenvalue weighted by molar-refractivity contribution is -0.116. The highest BCUT2D eigenvalue weighted by molar-refractivity contribution is 9.10. The molecule has 3 aromatic rings. The van der Waals surface area contributed by atoms with Crippen LogP contribution in [0.2, 0.25) is 0 Å². The smallest absolute Gasteiger partial charge is 0.225 e. The average molecular weight is 410 g/mol. The Morgan fingerprint density at radius 1 is 1.04 bits per heavy atom. The molecule has 1 heterocycles. The van der Waals surface area contributed by atoms with E-state index in [-0.39, 0.29) is 17.9 Å². The van der Waals surface area contributed by atoms with Crippen LogP contribution in [0.25, 0.3) is 10.8 Å². The highest BCUT2D eigenvalue weighted by atomic mass is 79.9. The van der Waals surface area contributed by atoms with Gasteiger partial charge < -0.3 is 10.1 Å². The summed E-state index contributed by atoms with van der Waals surface area (Å²) in [5, 5.41) is 5.24. The molecule has 26 heavy (non-hydrogen) atoms. The summed E-state index contributed by atoms with van der Waals surface area (Å²) in [6, 6.07) is 18.3. The molecule has 0 fully saturated rings. The van der Waals surface area contributed by atoms with Gasteiger partial charge in [-0.3, -0.25) is 4.79 Å². The number of para-hydroxylation sites is 1. The van der Waals surface area contributed by atoms with Gasteiger partial charge in [0.05, 0.1) is 11.8 Å². The summed E-state index contributed by atoms with van der Waals surface area (Å²) < 4.78 is 7.06. The van der Waals surface area contributed by atoms with Gasteiger partial charge in [-0.05, 0) is 36.9 Å². The third-order valence-corrected chi connectivity index (χ3v) is 5.37. The molecule has 3 aromatic carbocycles. The van der Waals surface area contributed by atoms with Crippen molar-refractivity contribution in [1.29, 1.82) is 0 Å². The Hall–Kier alpha value is -2.33. The van der Waals surface area contributed by atoms with Gasteiger partial charge in [-0.15, -0.1) is 0 Å². The number of carbonyl (C=O) groups excluding carboxylic acids is 1. The Kier molecular flexibility index (Phi) is 4.45. The van der Waals surface area contributed by atoms with Gasteiger partial charge in [0, 0.05) is 27.8 Å². The molecule has 0 saturated heterocycles. The minimum atomic E-state index is -0.0328. The summed E-state index contributed by atoms with van der Waals surface area (Å²) in [5.74, 6) is 0.848. The van der Waals surface area contributed by atoms with E-state index in [2.05, 4.69) is 45.5 Å². The Balaban J connectivity index is 1.93. The Bertz CT molecular complexity index is 997. The van der Waals surface area contributed by atoms with Gasteiger partial charge in [-0.1, -0.05) is 58.4 Å². The van der Waals surface area contributed by atoms with Crippen molar-refractivity contribution in [2.24, 2.45) is 0 Å². The van der Waals surface area contributed by atoms with Crippen molar-refractivity contribution >= 4 is 38.3 Å². The van der Waals surface area contributed by atoms with Crippen LogP contribution >= 0.6 is 15.9 Å². The van der Waals surface area contributed by atoms with Gasteiger partial charge in [0.2, 0.25) is 5.91 Å². The topological polar surface area (TPSA) is 38.3 Å². The van der Waals surface area contributed by atoms with Gasteiger partial charge >= 0.3 is 0 Å². The number of halogens is 1. The molecule has 1 N–H and O–H groups in total. The summed E-state index contributed by atoms with van der Waals surface area (Å²) in [6.45, 7) is 4.03. The van der Waals surface area contributed by atoms with Crippen molar-refractivity contribution in [2.75, 3.05) is 5.32 Å². The highest BCUT2D eigenvalue weighted by Crippen LogP contribution is 2.45. The van der Waals surface area contributed by atoms with Crippen molar-refractivity contribution in [3.05, 3.63) is 70.2 Å². The summed E-state index contributed by atoms with van der Waals surface area (Å²) in [5.41, 5.74) is 3.08. The number of anilines is 1. The van der Waals surface area contributed by atoms with Crippen molar-refractivity contribution in [1.82, 2.24) is 0 Å². The van der Waals surface area contributed by atoms with E-state index in [1.54, 1.807) is 0 Å². The summed E-state index contributed by atoms with van der Waals surface area (Å²) in [6.07, 6.45) is 0.493. The maximum atomic E-state index is 12.5. The Morgan fingerprint density at radius 3 is 2.50 bits per heavy atom. The molecule has 4 rings (SSSR count). The minimum absolute atomic E-state index is 0.0328. The molecule has 0 bridgehead atoms. The molecule has 3 nitrogen and oxygen atoms in total. The quantitative estimate of drug-likeness (QED) is 0.587. The molecular weight excluding hydrogens is 390 g/mol. The third kappa shape index (κ3) is 2.99. The van der Waals surface area contributed by atoms with Crippen LogP contribution in [0, 0.1) is 0 Å². The Labute approximate surface area is 161 Å². The predicted octanol–water partition coefficient (Wildman–Crippen LogP) is 5.86. The highest BCUT2D eigenvalue weighted by Gasteiger charge is 2.30. The van der Waals surface area contributed by atoms with Gasteiger partial charge in [0.25, 0.3) is 0 Å². The lowest BCUT2D eigenvalue weighted by Crippen LogP contribution is -2.24. The van der Waals surface area contributed by atoms with Crippen molar-refractivity contribution in [2.45, 2.75) is 32.3 Å². The van der Waals surface area contributed by atoms with Crippen molar-refractivity contribution < 1.29 is 9.53 Å². The summed E-state index contributed by atoms with van der Waals surface area (Å²) >= 11 is 3.71. The van der Waals surface area contributed by atoms with Crippen LogP contribution in [-0.4, -0.2) is 12.0 Å². The third-order valence-electron chi connectivity index (χ3n) is 4.71. The van der Waals surface area contributed by atoms with E-state index in [1.165, 1.54) is 0 Å². The SMILES string of the molecule is CC(C)Oc1ccccc1[C@H]1CC(=O)Nc2c1cc(Br)c1ccccc21. The van der Waals surface area contributed by atoms with Crippen molar-refractivity contribution in [3.63, 3.8) is 0 Å². The standard InChI is InChI=1S/C22H20BrNO2/c1-13(2)26-20-10-6-5-8-15(20)17-12-21(25)24-22-16-9-4-3-7-14(16)19(23)11-18(17)22/h3-11,13,17H,12H2,1-2H3,(H,24,25)/t17-/m1/s1. The molecule has 1 aliphatic rings. The first kappa shape index (κ1) is 17.1. The summed E-state index contributed by atoms with van der Waals surface area (Å²) in [7, 11) is 0. The zero-order valence-electron chi connectivity index (χ0n) is 14.8.